The summed E-state index contributed by atoms with van der Waals surface area (Å²) in [4.78, 5) is 16.5. The molecule has 20 heavy (non-hydrogen) atoms. The number of nitrogens with zero attached hydrogens (tertiary/aromatic N) is 2. The van der Waals surface area contributed by atoms with Gasteiger partial charge >= 0.3 is 0 Å². The molecule has 0 aliphatic carbocycles. The van der Waals surface area contributed by atoms with E-state index in [9.17, 15) is 4.79 Å². The minimum Gasteiger partial charge on any atom is -0.348 e. The van der Waals surface area contributed by atoms with Crippen LogP contribution in [0.3, 0.4) is 0 Å². The molecule has 2 aliphatic rings. The molecule has 0 spiro atoms. The maximum Gasteiger partial charge on any atom is 0.253 e. The van der Waals surface area contributed by atoms with Crippen LogP contribution in [0, 0.1) is 0 Å². The van der Waals surface area contributed by atoms with Crippen LogP contribution in [0.5, 0.6) is 0 Å². The van der Waals surface area contributed by atoms with Crippen LogP contribution in [0.15, 0.2) is 24.5 Å². The maximum absolute atomic E-state index is 12.3. The molecule has 2 N–H and O–H groups in total. The van der Waals surface area contributed by atoms with Crippen molar-refractivity contribution in [3.05, 3.63) is 35.2 Å². The first-order chi connectivity index (χ1) is 9.69. The molecular formula is C14H15ClN4O. The standard InChI is InChI=1S/C14H15ClN4O/c15-12-7-19-6-8(1-4-13(19)18-12)14(20)17-11-5-9-2-3-10(11)16-9/h1,4,6-7,9-11,16H,2-3,5H2,(H,17,20). The molecule has 0 radical (unpaired) electrons. The van der Waals surface area contributed by atoms with E-state index < -0.39 is 0 Å². The van der Waals surface area contributed by atoms with E-state index in [4.69, 9.17) is 11.6 Å². The van der Waals surface area contributed by atoms with Crippen molar-refractivity contribution in [3.63, 3.8) is 0 Å². The molecule has 2 aliphatic heterocycles. The molecule has 104 valence electrons. The summed E-state index contributed by atoms with van der Waals surface area (Å²) in [5.41, 5.74) is 1.38. The van der Waals surface area contributed by atoms with Crippen molar-refractivity contribution in [2.45, 2.75) is 37.4 Å². The van der Waals surface area contributed by atoms with E-state index in [1.54, 1.807) is 28.9 Å². The minimum absolute atomic E-state index is 0.0314. The van der Waals surface area contributed by atoms with Crippen molar-refractivity contribution in [1.29, 1.82) is 0 Å². The zero-order valence-corrected chi connectivity index (χ0v) is 11.6. The third-order valence-electron chi connectivity index (χ3n) is 4.30. The fourth-order valence-corrected chi connectivity index (χ4v) is 3.52. The second-order valence-corrected chi connectivity index (χ2v) is 6.00. The topological polar surface area (TPSA) is 58.4 Å². The molecule has 2 aromatic rings. The summed E-state index contributed by atoms with van der Waals surface area (Å²) in [5.74, 6) is -0.0314. The fourth-order valence-electron chi connectivity index (χ4n) is 3.33. The molecule has 0 aromatic carbocycles. The van der Waals surface area contributed by atoms with E-state index in [1.807, 2.05) is 0 Å². The van der Waals surface area contributed by atoms with Crippen molar-refractivity contribution in [3.8, 4) is 0 Å². The van der Waals surface area contributed by atoms with Crippen molar-refractivity contribution < 1.29 is 4.79 Å². The fraction of sp³-hybridized carbons (Fsp3) is 0.429. The summed E-state index contributed by atoms with van der Waals surface area (Å²) in [7, 11) is 0. The van der Waals surface area contributed by atoms with Crippen molar-refractivity contribution in [2.24, 2.45) is 0 Å². The first-order valence-corrected chi connectivity index (χ1v) is 7.28. The average molecular weight is 291 g/mol. The molecule has 4 rings (SSSR count). The second kappa shape index (κ2) is 4.46. The number of rotatable bonds is 2. The monoisotopic (exact) mass is 290 g/mol. The van der Waals surface area contributed by atoms with Gasteiger partial charge in [-0.15, -0.1) is 0 Å². The van der Waals surface area contributed by atoms with Crippen LogP contribution in [0.2, 0.25) is 5.15 Å². The normalized spacial score (nSPS) is 28.1. The number of imidazole rings is 1. The molecule has 1 amide bonds. The lowest BCUT2D eigenvalue weighted by Crippen LogP contribution is -2.42. The number of fused-ring (bicyclic) bond motifs is 3. The smallest absolute Gasteiger partial charge is 0.253 e. The Morgan fingerprint density at radius 2 is 2.30 bits per heavy atom. The van der Waals surface area contributed by atoms with Crippen LogP contribution in [0.4, 0.5) is 0 Å². The van der Waals surface area contributed by atoms with E-state index in [0.717, 1.165) is 18.5 Å². The Morgan fingerprint density at radius 1 is 1.40 bits per heavy atom. The van der Waals surface area contributed by atoms with Crippen LogP contribution in [0.1, 0.15) is 29.6 Å². The number of aromatic nitrogens is 2. The minimum atomic E-state index is -0.0314. The molecule has 4 heterocycles. The summed E-state index contributed by atoms with van der Waals surface area (Å²) in [5, 5.41) is 7.08. The van der Waals surface area contributed by atoms with Crippen LogP contribution >= 0.6 is 11.6 Å². The zero-order chi connectivity index (χ0) is 13.7. The number of hydrogen-bond acceptors (Lipinski definition) is 3. The van der Waals surface area contributed by atoms with Gasteiger partial charge in [-0.3, -0.25) is 4.79 Å². The van der Waals surface area contributed by atoms with Gasteiger partial charge in [0.15, 0.2) is 0 Å². The Kier molecular flexibility index (Phi) is 2.72. The van der Waals surface area contributed by atoms with Gasteiger partial charge in [0, 0.05) is 30.5 Å². The molecule has 5 nitrogen and oxygen atoms in total. The Bertz CT molecular complexity index is 683. The highest BCUT2D eigenvalue weighted by Crippen LogP contribution is 2.28. The van der Waals surface area contributed by atoms with Gasteiger partial charge in [-0.2, -0.15) is 0 Å². The Morgan fingerprint density at radius 3 is 3.05 bits per heavy atom. The Labute approximate surface area is 121 Å². The molecule has 2 aromatic heterocycles. The first-order valence-electron chi connectivity index (χ1n) is 6.90. The lowest BCUT2D eigenvalue weighted by molar-refractivity contribution is 0.0930. The molecule has 2 saturated heterocycles. The maximum atomic E-state index is 12.3. The van der Waals surface area contributed by atoms with Crippen molar-refractivity contribution >= 4 is 23.2 Å². The van der Waals surface area contributed by atoms with Gasteiger partial charge in [-0.1, -0.05) is 11.6 Å². The first kappa shape index (κ1) is 12.2. The molecular weight excluding hydrogens is 276 g/mol. The molecule has 6 heteroatoms. The third kappa shape index (κ3) is 1.98. The molecule has 0 saturated carbocycles. The van der Waals surface area contributed by atoms with Crippen LogP contribution < -0.4 is 10.6 Å². The molecule has 3 unspecified atom stereocenters. The van der Waals surface area contributed by atoms with Gasteiger partial charge in [0.05, 0.1) is 5.56 Å². The van der Waals surface area contributed by atoms with E-state index in [0.29, 0.717) is 22.8 Å². The number of hydrogen-bond donors (Lipinski definition) is 2. The van der Waals surface area contributed by atoms with Gasteiger partial charge in [0.25, 0.3) is 5.91 Å². The number of carbonyl (C=O) groups is 1. The summed E-state index contributed by atoms with van der Waals surface area (Å²) in [6.07, 6.45) is 6.90. The van der Waals surface area contributed by atoms with E-state index >= 15 is 0 Å². The average Bonchev–Trinajstić information content (AvgIpc) is 3.10. The van der Waals surface area contributed by atoms with Gasteiger partial charge in [-0.05, 0) is 31.4 Å². The van der Waals surface area contributed by atoms with Crippen LogP contribution in [-0.4, -0.2) is 33.4 Å². The Balaban J connectivity index is 1.54. The highest BCUT2D eigenvalue weighted by molar-refractivity contribution is 6.29. The van der Waals surface area contributed by atoms with Crippen LogP contribution in [0.25, 0.3) is 5.65 Å². The predicted molar refractivity (Wildman–Crippen MR) is 76.0 cm³/mol. The lowest BCUT2D eigenvalue weighted by Gasteiger charge is -2.21. The summed E-state index contributed by atoms with van der Waals surface area (Å²) in [6.45, 7) is 0. The van der Waals surface area contributed by atoms with E-state index in [-0.39, 0.29) is 11.9 Å². The Hall–Kier alpha value is -1.59. The van der Waals surface area contributed by atoms with Crippen molar-refractivity contribution in [2.75, 3.05) is 0 Å². The second-order valence-electron chi connectivity index (χ2n) is 5.61. The van der Waals surface area contributed by atoms with Gasteiger partial charge in [0.1, 0.15) is 10.8 Å². The summed E-state index contributed by atoms with van der Waals surface area (Å²) < 4.78 is 1.77. The van der Waals surface area contributed by atoms with E-state index in [1.165, 1.54) is 6.42 Å². The quantitative estimate of drug-likeness (QED) is 0.883. The number of carbonyl (C=O) groups excluding carboxylic acids is 1. The van der Waals surface area contributed by atoms with E-state index in [2.05, 4.69) is 15.6 Å². The SMILES string of the molecule is O=C(NC1CC2CCC1N2)c1ccc2nc(Cl)cn2c1. The number of halogens is 1. The van der Waals surface area contributed by atoms with Crippen molar-refractivity contribution in [1.82, 2.24) is 20.0 Å². The van der Waals surface area contributed by atoms with Gasteiger partial charge < -0.3 is 15.0 Å². The largest absolute Gasteiger partial charge is 0.348 e. The summed E-state index contributed by atoms with van der Waals surface area (Å²) >= 11 is 5.85. The number of amides is 1. The highest BCUT2D eigenvalue weighted by Gasteiger charge is 2.39. The predicted octanol–water partition coefficient (Wildman–Crippen LogP) is 1.61. The number of pyridine rings is 1. The number of nitrogens with one attached hydrogen (secondary N) is 2. The highest BCUT2D eigenvalue weighted by atomic mass is 35.5. The molecule has 2 fully saturated rings. The third-order valence-corrected chi connectivity index (χ3v) is 4.48. The lowest BCUT2D eigenvalue weighted by atomic mass is 9.95. The molecule has 2 bridgehead atoms. The summed E-state index contributed by atoms with van der Waals surface area (Å²) in [6, 6.07) is 4.87. The molecule has 3 atom stereocenters. The van der Waals surface area contributed by atoms with Gasteiger partial charge in [0.2, 0.25) is 0 Å². The van der Waals surface area contributed by atoms with Gasteiger partial charge in [-0.25, -0.2) is 4.98 Å². The van der Waals surface area contributed by atoms with Crippen LogP contribution in [-0.2, 0) is 0 Å². The zero-order valence-electron chi connectivity index (χ0n) is 10.8.